The molecule has 22 heavy (non-hydrogen) atoms. The van der Waals surface area contributed by atoms with Crippen molar-refractivity contribution in [2.75, 3.05) is 20.0 Å². The molecule has 0 aliphatic rings. The van der Waals surface area contributed by atoms with Crippen LogP contribution in [0.4, 0.5) is 10.1 Å². The molecule has 0 radical (unpaired) electrons. The molecular formula is C14H11BrFN3O3. The number of nitrogen functional groups attached to an aromatic ring is 1. The molecule has 114 valence electrons. The van der Waals surface area contributed by atoms with E-state index in [0.717, 1.165) is 6.07 Å². The Morgan fingerprint density at radius 3 is 2.68 bits per heavy atom. The minimum absolute atomic E-state index is 0.0419. The van der Waals surface area contributed by atoms with Crippen LogP contribution in [-0.2, 0) is 4.74 Å². The van der Waals surface area contributed by atoms with Crippen molar-refractivity contribution in [3.05, 3.63) is 39.9 Å². The summed E-state index contributed by atoms with van der Waals surface area (Å²) in [6, 6.07) is 4.44. The van der Waals surface area contributed by atoms with E-state index in [-0.39, 0.29) is 32.9 Å². The van der Waals surface area contributed by atoms with E-state index in [9.17, 15) is 9.18 Å². The van der Waals surface area contributed by atoms with Crippen molar-refractivity contribution in [2.24, 2.45) is 0 Å². The van der Waals surface area contributed by atoms with Crippen molar-refractivity contribution < 1.29 is 18.7 Å². The largest absolute Gasteiger partial charge is 0.495 e. The highest BCUT2D eigenvalue weighted by atomic mass is 79.9. The molecule has 0 saturated heterocycles. The Morgan fingerprint density at radius 2 is 2.14 bits per heavy atom. The molecule has 0 aliphatic carbocycles. The number of aromatic nitrogens is 1. The van der Waals surface area contributed by atoms with Crippen molar-refractivity contribution in [2.45, 2.75) is 0 Å². The molecule has 1 heterocycles. The fraction of sp³-hybridized carbons (Fsp3) is 0.143. The average molecular weight is 368 g/mol. The molecule has 0 aliphatic heterocycles. The minimum Gasteiger partial charge on any atom is -0.495 e. The summed E-state index contributed by atoms with van der Waals surface area (Å²) in [4.78, 5) is 11.9. The van der Waals surface area contributed by atoms with Crippen LogP contribution < -0.4 is 10.5 Å². The van der Waals surface area contributed by atoms with Gasteiger partial charge in [0.25, 0.3) is 0 Å². The predicted molar refractivity (Wildman–Crippen MR) is 80.4 cm³/mol. The number of hydrogen-bond acceptors (Lipinski definition) is 5. The highest BCUT2D eigenvalue weighted by Crippen LogP contribution is 2.33. The normalized spacial score (nSPS) is 10.1. The fourth-order valence-electron chi connectivity index (χ4n) is 1.97. The second-order valence-corrected chi connectivity index (χ2v) is 5.07. The summed E-state index contributed by atoms with van der Waals surface area (Å²) in [5, 5.41) is 9.07. The molecule has 6 nitrogen and oxygen atoms in total. The van der Waals surface area contributed by atoms with Crippen LogP contribution in [0.2, 0.25) is 0 Å². The van der Waals surface area contributed by atoms with Gasteiger partial charge in [-0.15, -0.1) is 0 Å². The third kappa shape index (κ3) is 2.51. The van der Waals surface area contributed by atoms with Crippen molar-refractivity contribution in [3.63, 3.8) is 0 Å². The van der Waals surface area contributed by atoms with E-state index >= 15 is 0 Å². The topological polar surface area (TPSA) is 90.3 Å². The molecular weight excluding hydrogens is 357 g/mol. The first-order valence-electron chi connectivity index (χ1n) is 5.97. The zero-order valence-corrected chi connectivity index (χ0v) is 13.3. The number of carbonyl (C=O) groups is 1. The van der Waals surface area contributed by atoms with E-state index in [1.165, 1.54) is 31.0 Å². The third-order valence-electron chi connectivity index (χ3n) is 3.02. The number of benzene rings is 1. The first-order chi connectivity index (χ1) is 10.4. The maximum atomic E-state index is 13.9. The number of halogens is 2. The first kappa shape index (κ1) is 15.9. The molecule has 0 spiro atoms. The molecule has 0 bridgehead atoms. The Balaban J connectivity index is 2.81. The van der Waals surface area contributed by atoms with E-state index in [4.69, 9.17) is 15.7 Å². The molecule has 0 amide bonds. The minimum atomic E-state index is -0.746. The van der Waals surface area contributed by atoms with Gasteiger partial charge >= 0.3 is 5.97 Å². The Morgan fingerprint density at radius 1 is 1.45 bits per heavy atom. The van der Waals surface area contributed by atoms with Gasteiger partial charge in [0.2, 0.25) is 0 Å². The van der Waals surface area contributed by atoms with Crippen LogP contribution >= 0.6 is 15.9 Å². The van der Waals surface area contributed by atoms with Crippen molar-refractivity contribution >= 4 is 27.6 Å². The van der Waals surface area contributed by atoms with Gasteiger partial charge in [0.15, 0.2) is 5.69 Å². The summed E-state index contributed by atoms with van der Waals surface area (Å²) in [5.41, 5.74) is 5.98. The molecule has 8 heteroatoms. The summed E-state index contributed by atoms with van der Waals surface area (Å²) in [7, 11) is 2.59. The van der Waals surface area contributed by atoms with Crippen molar-refractivity contribution in [1.82, 2.24) is 4.57 Å². The van der Waals surface area contributed by atoms with Crippen LogP contribution in [0, 0.1) is 17.1 Å². The second-order valence-electron chi connectivity index (χ2n) is 4.22. The van der Waals surface area contributed by atoms with E-state index in [0.29, 0.717) is 0 Å². The third-order valence-corrected chi connectivity index (χ3v) is 3.63. The number of nitrogens with zero attached hydrogens (tertiary/aromatic N) is 2. The van der Waals surface area contributed by atoms with E-state index in [1.54, 1.807) is 0 Å². The number of methoxy groups -OCH3 is 2. The molecule has 1 aromatic carbocycles. The van der Waals surface area contributed by atoms with Crippen molar-refractivity contribution in [3.8, 4) is 17.5 Å². The number of nitriles is 1. The summed E-state index contributed by atoms with van der Waals surface area (Å²) in [6.07, 6.45) is 1.33. The molecule has 1 aromatic heterocycles. The number of hydrogen-bond donors (Lipinski definition) is 1. The highest BCUT2D eigenvalue weighted by molar-refractivity contribution is 9.10. The maximum Gasteiger partial charge on any atom is 0.357 e. The van der Waals surface area contributed by atoms with Gasteiger partial charge in [-0.05, 0) is 22.0 Å². The van der Waals surface area contributed by atoms with Crippen LogP contribution in [0.25, 0.3) is 5.69 Å². The summed E-state index contributed by atoms with van der Waals surface area (Å²) in [5.74, 6) is -1.01. The molecule has 2 aromatic rings. The lowest BCUT2D eigenvalue weighted by Crippen LogP contribution is -2.12. The highest BCUT2D eigenvalue weighted by Gasteiger charge is 2.24. The first-order valence-corrected chi connectivity index (χ1v) is 6.76. The Bertz CT molecular complexity index is 796. The van der Waals surface area contributed by atoms with Gasteiger partial charge in [0.05, 0.1) is 35.6 Å². The SMILES string of the molecule is COC(=O)c1c(N)c(C#N)cn1-c1cc(F)c(Br)cc1OC. The molecule has 0 saturated carbocycles. The van der Waals surface area contributed by atoms with E-state index in [2.05, 4.69) is 20.7 Å². The van der Waals surface area contributed by atoms with Gasteiger partial charge in [-0.3, -0.25) is 0 Å². The Kier molecular flexibility index (Phi) is 4.37. The lowest BCUT2D eigenvalue weighted by molar-refractivity contribution is 0.0593. The molecule has 2 rings (SSSR count). The Labute approximate surface area is 134 Å². The number of carbonyl (C=O) groups excluding carboxylic acids is 1. The lowest BCUT2D eigenvalue weighted by atomic mass is 10.2. The van der Waals surface area contributed by atoms with Crippen molar-refractivity contribution in [1.29, 1.82) is 5.26 Å². The van der Waals surface area contributed by atoms with Gasteiger partial charge in [-0.25, -0.2) is 9.18 Å². The molecule has 0 fully saturated rings. The second kappa shape index (κ2) is 6.07. The fourth-order valence-corrected chi connectivity index (χ4v) is 2.30. The van der Waals surface area contributed by atoms with Gasteiger partial charge in [0.1, 0.15) is 17.6 Å². The van der Waals surface area contributed by atoms with E-state index in [1.807, 2.05) is 6.07 Å². The van der Waals surface area contributed by atoms with Crippen LogP contribution in [0.15, 0.2) is 22.8 Å². The monoisotopic (exact) mass is 367 g/mol. The standard InChI is InChI=1S/C14H11BrFN3O3/c1-21-11-3-8(15)9(16)4-10(11)19-6-7(5-17)12(18)13(19)14(20)22-2/h3-4,6H,18H2,1-2H3. The van der Waals surface area contributed by atoms with Gasteiger partial charge in [-0.2, -0.15) is 5.26 Å². The number of rotatable bonds is 3. The summed E-state index contributed by atoms with van der Waals surface area (Å²) in [6.45, 7) is 0. The van der Waals surface area contributed by atoms with E-state index < -0.39 is 11.8 Å². The van der Waals surface area contributed by atoms with Crippen LogP contribution in [0.1, 0.15) is 16.1 Å². The van der Waals surface area contributed by atoms with Gasteiger partial charge in [-0.1, -0.05) is 0 Å². The Hall–Kier alpha value is -2.53. The average Bonchev–Trinajstić information content (AvgIpc) is 2.85. The zero-order chi connectivity index (χ0) is 16.4. The smallest absolute Gasteiger partial charge is 0.357 e. The van der Waals surface area contributed by atoms with Crippen LogP contribution in [0.5, 0.6) is 5.75 Å². The van der Waals surface area contributed by atoms with Crippen LogP contribution in [-0.4, -0.2) is 24.8 Å². The van der Waals surface area contributed by atoms with Gasteiger partial charge in [0, 0.05) is 12.3 Å². The zero-order valence-electron chi connectivity index (χ0n) is 11.7. The number of nitrogens with two attached hydrogens (primary N) is 1. The predicted octanol–water partition coefficient (Wildman–Crippen LogP) is 2.63. The molecule has 2 N–H and O–H groups in total. The number of ether oxygens (including phenoxy) is 2. The summed E-state index contributed by atoms with van der Waals surface area (Å²) < 4.78 is 25.2. The quantitative estimate of drug-likeness (QED) is 0.842. The lowest BCUT2D eigenvalue weighted by Gasteiger charge is -2.13. The summed E-state index contributed by atoms with van der Waals surface area (Å²) >= 11 is 3.06. The van der Waals surface area contributed by atoms with Crippen LogP contribution in [0.3, 0.4) is 0 Å². The number of anilines is 1. The maximum absolute atomic E-state index is 13.9. The molecule has 0 unspecified atom stereocenters. The number of esters is 1. The molecule has 0 atom stereocenters. The van der Waals surface area contributed by atoms with Gasteiger partial charge < -0.3 is 19.8 Å².